The van der Waals surface area contributed by atoms with Crippen LogP contribution in [0.1, 0.15) is 18.9 Å². The van der Waals surface area contributed by atoms with E-state index >= 15 is 0 Å². The maximum atomic E-state index is 12.2. The first-order valence-corrected chi connectivity index (χ1v) is 10.4. The number of aromatic nitrogens is 1. The number of anilines is 1. The average Bonchev–Trinajstić information content (AvgIpc) is 2.92. The number of hydrogen-bond acceptors (Lipinski definition) is 6. The molecular weight excluding hydrogens is 417 g/mol. The Morgan fingerprint density at radius 2 is 2.00 bits per heavy atom. The van der Waals surface area contributed by atoms with Crippen LogP contribution in [-0.2, 0) is 16.1 Å². The van der Waals surface area contributed by atoms with Crippen LogP contribution >= 0.6 is 23.2 Å². The number of halogens is 2. The van der Waals surface area contributed by atoms with Crippen molar-refractivity contribution in [3.05, 3.63) is 34.0 Å². The van der Waals surface area contributed by atoms with Gasteiger partial charge in [0.15, 0.2) is 6.23 Å². The predicted molar refractivity (Wildman–Crippen MR) is 111 cm³/mol. The van der Waals surface area contributed by atoms with E-state index in [1.807, 2.05) is 17.0 Å². The van der Waals surface area contributed by atoms with E-state index in [0.717, 1.165) is 24.3 Å². The zero-order valence-electron chi connectivity index (χ0n) is 16.3. The molecule has 2 N–H and O–H groups in total. The molecule has 2 aliphatic rings. The Morgan fingerprint density at radius 3 is 2.55 bits per heavy atom. The fraction of sp³-hybridized carbons (Fsp3) is 0.526. The third-order valence-electron chi connectivity index (χ3n) is 5.00. The highest BCUT2D eigenvalue weighted by atomic mass is 35.5. The van der Waals surface area contributed by atoms with Crippen molar-refractivity contribution in [2.45, 2.75) is 26.1 Å². The monoisotopic (exact) mass is 441 g/mol. The Morgan fingerprint density at radius 1 is 1.28 bits per heavy atom. The van der Waals surface area contributed by atoms with E-state index in [0.29, 0.717) is 32.7 Å². The number of piperazine rings is 1. The number of nitrogens with one attached hydrogen (secondary N) is 1. The van der Waals surface area contributed by atoms with E-state index in [9.17, 15) is 14.7 Å². The number of aliphatic hydroxyl groups is 1. The minimum Gasteiger partial charge on any atom is -0.368 e. The molecule has 0 saturated carbocycles. The van der Waals surface area contributed by atoms with Gasteiger partial charge in [-0.15, -0.1) is 0 Å². The average molecular weight is 442 g/mol. The second-order valence-electron chi connectivity index (χ2n) is 7.04. The highest BCUT2D eigenvalue weighted by Gasteiger charge is 2.36. The minimum atomic E-state index is -1.23. The standard InChI is InChI=1S/C19H25Cl2N5O3/c1-2-5-22-11-15(27)25-8-6-24(7-9-25)14-4-3-13(10-23-14)12-26-18(28)16(20)17(21)19(26)29/h3-4,10,18,22,28H,2,5-9,11-12H2,1H3. The molecule has 1 saturated heterocycles. The molecule has 1 fully saturated rings. The number of nitrogens with zero attached hydrogens (tertiary/aromatic N) is 4. The molecule has 1 aromatic rings. The molecular formula is C19H25Cl2N5O3. The highest BCUT2D eigenvalue weighted by Crippen LogP contribution is 2.31. The van der Waals surface area contributed by atoms with Crippen LogP contribution in [0, 0.1) is 0 Å². The van der Waals surface area contributed by atoms with Crippen molar-refractivity contribution < 1.29 is 14.7 Å². The zero-order valence-corrected chi connectivity index (χ0v) is 17.8. The second kappa shape index (κ2) is 9.75. The summed E-state index contributed by atoms with van der Waals surface area (Å²) in [6.45, 7) is 6.20. The van der Waals surface area contributed by atoms with Gasteiger partial charge in [0.25, 0.3) is 5.91 Å². The normalized spacial score (nSPS) is 20.1. The summed E-state index contributed by atoms with van der Waals surface area (Å²) in [5.74, 6) is 0.441. The first-order valence-electron chi connectivity index (χ1n) is 9.65. The molecule has 0 spiro atoms. The lowest BCUT2D eigenvalue weighted by molar-refractivity contribution is -0.132. The van der Waals surface area contributed by atoms with Gasteiger partial charge >= 0.3 is 0 Å². The zero-order chi connectivity index (χ0) is 21.0. The molecule has 0 aliphatic carbocycles. The van der Waals surface area contributed by atoms with Crippen LogP contribution in [0.3, 0.4) is 0 Å². The summed E-state index contributed by atoms with van der Waals surface area (Å²) in [5.41, 5.74) is 0.757. The minimum absolute atomic E-state index is 0.0569. The summed E-state index contributed by atoms with van der Waals surface area (Å²) in [5, 5.41) is 13.0. The van der Waals surface area contributed by atoms with Gasteiger partial charge < -0.3 is 25.1 Å². The molecule has 0 aromatic carbocycles. The Labute approximate surface area is 180 Å². The van der Waals surface area contributed by atoms with Crippen LogP contribution in [0.2, 0.25) is 0 Å². The number of aliphatic hydroxyl groups excluding tert-OH is 1. The Bertz CT molecular complexity index is 779. The molecule has 0 bridgehead atoms. The smallest absolute Gasteiger partial charge is 0.269 e. The predicted octanol–water partition coefficient (Wildman–Crippen LogP) is 1.08. The van der Waals surface area contributed by atoms with Gasteiger partial charge in [0.2, 0.25) is 5.91 Å². The van der Waals surface area contributed by atoms with Gasteiger partial charge in [-0.2, -0.15) is 0 Å². The largest absolute Gasteiger partial charge is 0.368 e. The summed E-state index contributed by atoms with van der Waals surface area (Å²) >= 11 is 11.7. The number of carbonyl (C=O) groups excluding carboxylic acids is 2. The molecule has 3 rings (SSSR count). The lowest BCUT2D eigenvalue weighted by Crippen LogP contribution is -2.51. The third-order valence-corrected chi connectivity index (χ3v) is 5.85. The van der Waals surface area contributed by atoms with Crippen molar-refractivity contribution in [2.75, 3.05) is 44.2 Å². The number of amides is 2. The lowest BCUT2D eigenvalue weighted by Gasteiger charge is -2.35. The van der Waals surface area contributed by atoms with Gasteiger partial charge in [0.05, 0.1) is 18.1 Å². The molecule has 2 amide bonds. The molecule has 1 unspecified atom stereocenters. The molecule has 2 aliphatic heterocycles. The highest BCUT2D eigenvalue weighted by molar-refractivity contribution is 6.49. The van der Waals surface area contributed by atoms with E-state index in [2.05, 4.69) is 22.1 Å². The first-order chi connectivity index (χ1) is 13.9. The first kappa shape index (κ1) is 21.8. The number of rotatable bonds is 7. The molecule has 10 heteroatoms. The topological polar surface area (TPSA) is 89.0 Å². The van der Waals surface area contributed by atoms with E-state index in [1.54, 1.807) is 6.20 Å². The van der Waals surface area contributed by atoms with Crippen LogP contribution in [-0.4, -0.2) is 77.2 Å². The second-order valence-corrected chi connectivity index (χ2v) is 7.82. The van der Waals surface area contributed by atoms with E-state index < -0.39 is 12.1 Å². The summed E-state index contributed by atoms with van der Waals surface area (Å²) in [6, 6.07) is 3.73. The molecule has 8 nitrogen and oxygen atoms in total. The fourth-order valence-electron chi connectivity index (χ4n) is 3.31. The van der Waals surface area contributed by atoms with Crippen molar-refractivity contribution in [3.8, 4) is 0 Å². The van der Waals surface area contributed by atoms with Crippen molar-refractivity contribution in [3.63, 3.8) is 0 Å². The Balaban J connectivity index is 1.51. The Kier molecular flexibility index (Phi) is 7.34. The summed E-state index contributed by atoms with van der Waals surface area (Å²) in [4.78, 5) is 33.9. The van der Waals surface area contributed by atoms with Gasteiger partial charge in [-0.3, -0.25) is 9.59 Å². The molecule has 0 radical (unpaired) electrons. The van der Waals surface area contributed by atoms with Crippen LogP contribution in [0.4, 0.5) is 5.82 Å². The number of carbonyl (C=O) groups is 2. The summed E-state index contributed by atoms with van der Waals surface area (Å²) in [7, 11) is 0. The van der Waals surface area contributed by atoms with Gasteiger partial charge in [0.1, 0.15) is 10.9 Å². The maximum Gasteiger partial charge on any atom is 0.269 e. The van der Waals surface area contributed by atoms with Crippen LogP contribution in [0.25, 0.3) is 0 Å². The lowest BCUT2D eigenvalue weighted by atomic mass is 10.2. The maximum absolute atomic E-state index is 12.2. The fourth-order valence-corrected chi connectivity index (χ4v) is 3.72. The van der Waals surface area contributed by atoms with Gasteiger partial charge in [-0.05, 0) is 24.6 Å². The number of pyridine rings is 1. The van der Waals surface area contributed by atoms with Gasteiger partial charge in [-0.25, -0.2) is 4.98 Å². The summed E-state index contributed by atoms with van der Waals surface area (Å²) in [6.07, 6.45) is 1.44. The van der Waals surface area contributed by atoms with Crippen molar-refractivity contribution >= 4 is 40.8 Å². The van der Waals surface area contributed by atoms with Crippen LogP contribution in [0.5, 0.6) is 0 Å². The van der Waals surface area contributed by atoms with E-state index in [4.69, 9.17) is 23.2 Å². The molecule has 29 heavy (non-hydrogen) atoms. The molecule has 158 valence electrons. The van der Waals surface area contributed by atoms with Crippen LogP contribution in [0.15, 0.2) is 28.4 Å². The van der Waals surface area contributed by atoms with Gasteiger partial charge in [-0.1, -0.05) is 36.2 Å². The molecule has 1 atom stereocenters. The van der Waals surface area contributed by atoms with E-state index in [-0.39, 0.29) is 22.5 Å². The van der Waals surface area contributed by atoms with Crippen molar-refractivity contribution in [1.29, 1.82) is 0 Å². The Hall–Kier alpha value is -1.87. The quantitative estimate of drug-likeness (QED) is 0.615. The SMILES string of the molecule is CCCNCC(=O)N1CCN(c2ccc(CN3C(=O)C(Cl)=C(Cl)C3O)cn2)CC1. The van der Waals surface area contributed by atoms with Crippen molar-refractivity contribution in [1.82, 2.24) is 20.1 Å². The number of hydrogen-bond donors (Lipinski definition) is 2. The van der Waals surface area contributed by atoms with Crippen LogP contribution < -0.4 is 10.2 Å². The molecule has 1 aromatic heterocycles. The van der Waals surface area contributed by atoms with E-state index in [1.165, 1.54) is 4.90 Å². The van der Waals surface area contributed by atoms with Crippen molar-refractivity contribution in [2.24, 2.45) is 0 Å². The molecule has 3 heterocycles. The third kappa shape index (κ3) is 5.01. The summed E-state index contributed by atoms with van der Waals surface area (Å²) < 4.78 is 0. The van der Waals surface area contributed by atoms with Gasteiger partial charge in [0, 0.05) is 32.4 Å².